The molecule has 2 aromatic carbocycles. The number of cyclic esters (lactones) is 1. The van der Waals surface area contributed by atoms with Gasteiger partial charge in [0.05, 0.1) is 33.3 Å². The number of rotatable bonds is 6. The van der Waals surface area contributed by atoms with Crippen LogP contribution in [-0.2, 0) is 4.74 Å². The fourth-order valence-electron chi connectivity index (χ4n) is 2.98. The molecule has 0 aromatic heterocycles. The van der Waals surface area contributed by atoms with E-state index in [-0.39, 0.29) is 34.8 Å². The average Bonchev–Trinajstić information content (AvgIpc) is 2.96. The predicted octanol–water partition coefficient (Wildman–Crippen LogP) is 2.90. The first-order valence-electron chi connectivity index (χ1n) is 7.86. The van der Waals surface area contributed by atoms with Gasteiger partial charge in [-0.25, -0.2) is 4.79 Å². The van der Waals surface area contributed by atoms with Gasteiger partial charge in [-0.3, -0.25) is 4.79 Å². The van der Waals surface area contributed by atoms with Crippen LogP contribution in [0.15, 0.2) is 30.3 Å². The molecule has 3 rings (SSSR count). The van der Waals surface area contributed by atoms with Crippen molar-refractivity contribution in [2.45, 2.75) is 12.5 Å². The number of hydrogen-bond acceptors (Lipinski definition) is 7. The molecular formula is C19H18O7. The molecule has 26 heavy (non-hydrogen) atoms. The summed E-state index contributed by atoms with van der Waals surface area (Å²) in [5.41, 5.74) is 0.938. The van der Waals surface area contributed by atoms with Gasteiger partial charge in [0.25, 0.3) is 0 Å². The fraction of sp³-hybridized carbons (Fsp3) is 0.263. The summed E-state index contributed by atoms with van der Waals surface area (Å²) >= 11 is 0. The Kier molecular flexibility index (Phi) is 4.71. The Hall–Kier alpha value is -3.22. The number of phenolic OH excluding ortho intramolecular Hbond substituents is 1. The van der Waals surface area contributed by atoms with E-state index in [0.717, 1.165) is 0 Å². The molecule has 1 aliphatic rings. The first kappa shape index (κ1) is 17.6. The standard InChI is InChI=1S/C19H18O7/c1-23-10-4-5-11(13(20)8-10)14(21)9-16-12-6-7-15(24-2)18(25-3)17(12)19(22)26-16/h4-8,16,20H,9H2,1-3H3. The van der Waals surface area contributed by atoms with Crippen molar-refractivity contribution in [3.63, 3.8) is 0 Å². The first-order chi connectivity index (χ1) is 12.5. The van der Waals surface area contributed by atoms with E-state index in [1.54, 1.807) is 18.2 Å². The Morgan fingerprint density at radius 3 is 2.50 bits per heavy atom. The van der Waals surface area contributed by atoms with Gasteiger partial charge in [-0.05, 0) is 18.2 Å². The van der Waals surface area contributed by atoms with Crippen molar-refractivity contribution in [3.05, 3.63) is 47.0 Å². The molecule has 0 saturated heterocycles. The van der Waals surface area contributed by atoms with E-state index in [9.17, 15) is 14.7 Å². The van der Waals surface area contributed by atoms with E-state index < -0.39 is 12.1 Å². The van der Waals surface area contributed by atoms with Crippen molar-refractivity contribution in [1.82, 2.24) is 0 Å². The van der Waals surface area contributed by atoms with Crippen molar-refractivity contribution in [2.75, 3.05) is 21.3 Å². The van der Waals surface area contributed by atoms with Gasteiger partial charge < -0.3 is 24.1 Å². The number of ether oxygens (including phenoxy) is 4. The molecule has 0 fully saturated rings. The summed E-state index contributed by atoms with van der Waals surface area (Å²) in [4.78, 5) is 24.8. The second kappa shape index (κ2) is 6.95. The van der Waals surface area contributed by atoms with Crippen LogP contribution in [0.4, 0.5) is 0 Å². The summed E-state index contributed by atoms with van der Waals surface area (Å²) in [5.74, 6) is -0.00182. The SMILES string of the molecule is COc1ccc(C(=O)CC2OC(=O)c3c2ccc(OC)c3OC)c(O)c1. The topological polar surface area (TPSA) is 91.3 Å². The highest BCUT2D eigenvalue weighted by molar-refractivity contribution is 6.02. The molecule has 0 bridgehead atoms. The Balaban J connectivity index is 1.90. The number of esters is 1. The minimum absolute atomic E-state index is 0.103. The molecule has 0 spiro atoms. The van der Waals surface area contributed by atoms with Crippen LogP contribution in [0.5, 0.6) is 23.0 Å². The molecule has 2 aromatic rings. The molecule has 1 heterocycles. The number of aromatic hydroxyl groups is 1. The second-order valence-electron chi connectivity index (χ2n) is 5.67. The molecule has 1 unspecified atom stereocenters. The lowest BCUT2D eigenvalue weighted by atomic mass is 9.97. The molecule has 7 nitrogen and oxygen atoms in total. The van der Waals surface area contributed by atoms with Gasteiger partial charge in [0.2, 0.25) is 0 Å². The third-order valence-electron chi connectivity index (χ3n) is 4.25. The van der Waals surface area contributed by atoms with Gasteiger partial charge in [-0.2, -0.15) is 0 Å². The Morgan fingerprint density at radius 1 is 1.12 bits per heavy atom. The van der Waals surface area contributed by atoms with E-state index in [4.69, 9.17) is 18.9 Å². The number of phenols is 1. The van der Waals surface area contributed by atoms with Gasteiger partial charge >= 0.3 is 5.97 Å². The van der Waals surface area contributed by atoms with Gasteiger partial charge in [0.1, 0.15) is 23.2 Å². The maximum absolute atomic E-state index is 12.6. The molecule has 1 N–H and O–H groups in total. The lowest BCUT2D eigenvalue weighted by molar-refractivity contribution is 0.0365. The van der Waals surface area contributed by atoms with Crippen molar-refractivity contribution < 1.29 is 33.6 Å². The number of methoxy groups -OCH3 is 3. The first-order valence-corrected chi connectivity index (χ1v) is 7.86. The Bertz CT molecular complexity index is 872. The van der Waals surface area contributed by atoms with Crippen LogP contribution in [0.25, 0.3) is 0 Å². The number of carbonyl (C=O) groups is 2. The van der Waals surface area contributed by atoms with Gasteiger partial charge in [-0.15, -0.1) is 0 Å². The summed E-state index contributed by atoms with van der Waals surface area (Å²) in [7, 11) is 4.37. The zero-order valence-corrected chi connectivity index (χ0v) is 14.6. The van der Waals surface area contributed by atoms with Crippen LogP contribution in [-0.4, -0.2) is 38.2 Å². The third kappa shape index (κ3) is 2.92. The quantitative estimate of drug-likeness (QED) is 0.627. The van der Waals surface area contributed by atoms with E-state index in [2.05, 4.69) is 0 Å². The molecule has 136 valence electrons. The lowest BCUT2D eigenvalue weighted by Crippen LogP contribution is -2.08. The fourth-order valence-corrected chi connectivity index (χ4v) is 2.98. The predicted molar refractivity (Wildman–Crippen MR) is 91.3 cm³/mol. The van der Waals surface area contributed by atoms with Crippen molar-refractivity contribution in [3.8, 4) is 23.0 Å². The number of benzene rings is 2. The number of Topliss-reactive ketones (excluding diaryl/α,β-unsaturated/α-hetero) is 1. The molecule has 1 aliphatic heterocycles. The molecular weight excluding hydrogens is 340 g/mol. The van der Waals surface area contributed by atoms with Crippen LogP contribution >= 0.6 is 0 Å². The largest absolute Gasteiger partial charge is 0.507 e. The van der Waals surface area contributed by atoms with E-state index in [0.29, 0.717) is 17.1 Å². The van der Waals surface area contributed by atoms with Crippen molar-refractivity contribution in [2.24, 2.45) is 0 Å². The average molecular weight is 358 g/mol. The van der Waals surface area contributed by atoms with Crippen LogP contribution in [0.2, 0.25) is 0 Å². The third-order valence-corrected chi connectivity index (χ3v) is 4.25. The highest BCUT2D eigenvalue weighted by Gasteiger charge is 2.37. The molecule has 0 saturated carbocycles. The van der Waals surface area contributed by atoms with Crippen LogP contribution < -0.4 is 14.2 Å². The molecule has 0 amide bonds. The van der Waals surface area contributed by atoms with E-state index in [1.807, 2.05) is 0 Å². The van der Waals surface area contributed by atoms with E-state index in [1.165, 1.54) is 33.5 Å². The minimum atomic E-state index is -0.758. The molecule has 0 radical (unpaired) electrons. The number of carbonyl (C=O) groups excluding carboxylic acids is 2. The minimum Gasteiger partial charge on any atom is -0.507 e. The van der Waals surface area contributed by atoms with Gasteiger partial charge in [-0.1, -0.05) is 6.07 Å². The number of ketones is 1. The zero-order valence-electron chi connectivity index (χ0n) is 14.6. The zero-order chi connectivity index (χ0) is 18.8. The van der Waals surface area contributed by atoms with Crippen LogP contribution in [0, 0.1) is 0 Å². The number of hydrogen-bond donors (Lipinski definition) is 1. The summed E-state index contributed by atoms with van der Waals surface area (Å²) in [6.45, 7) is 0. The molecule has 1 atom stereocenters. The summed E-state index contributed by atoms with van der Waals surface area (Å²) in [6, 6.07) is 7.74. The number of fused-ring (bicyclic) bond motifs is 1. The lowest BCUT2D eigenvalue weighted by Gasteiger charge is -2.12. The summed E-state index contributed by atoms with van der Waals surface area (Å²) in [5, 5.41) is 10.0. The molecule has 0 aliphatic carbocycles. The normalized spacial score (nSPS) is 15.2. The maximum atomic E-state index is 12.6. The van der Waals surface area contributed by atoms with Crippen LogP contribution in [0.3, 0.4) is 0 Å². The highest BCUT2D eigenvalue weighted by Crippen LogP contribution is 2.43. The van der Waals surface area contributed by atoms with Crippen LogP contribution in [0.1, 0.15) is 38.8 Å². The van der Waals surface area contributed by atoms with Gasteiger partial charge in [0, 0.05) is 11.6 Å². The monoisotopic (exact) mass is 358 g/mol. The summed E-state index contributed by atoms with van der Waals surface area (Å²) < 4.78 is 20.8. The highest BCUT2D eigenvalue weighted by atomic mass is 16.6. The Labute approximate surface area is 150 Å². The smallest absolute Gasteiger partial charge is 0.343 e. The molecule has 7 heteroatoms. The van der Waals surface area contributed by atoms with Gasteiger partial charge in [0.15, 0.2) is 17.3 Å². The Morgan fingerprint density at radius 2 is 1.88 bits per heavy atom. The van der Waals surface area contributed by atoms with Crippen molar-refractivity contribution >= 4 is 11.8 Å². The summed E-state index contributed by atoms with van der Waals surface area (Å²) in [6.07, 6.45) is -0.861. The maximum Gasteiger partial charge on any atom is 0.343 e. The van der Waals surface area contributed by atoms with E-state index >= 15 is 0 Å². The second-order valence-corrected chi connectivity index (χ2v) is 5.67. The van der Waals surface area contributed by atoms with Crippen molar-refractivity contribution in [1.29, 1.82) is 0 Å².